The zero-order valence-corrected chi connectivity index (χ0v) is 18.6. The SMILES string of the molecule is Cl.NC1CCCN(c2c(Br)cnc3[nH]cc(NC(=O)c4cccc(C(F)(F)F)c4)c23)C1. The second-order valence-electron chi connectivity index (χ2n) is 7.26. The number of nitrogens with zero attached hydrogens (tertiary/aromatic N) is 2. The molecule has 11 heteroatoms. The summed E-state index contributed by atoms with van der Waals surface area (Å²) in [6.07, 6.45) is 0.615. The fourth-order valence-corrected chi connectivity index (χ4v) is 4.26. The molecule has 1 aliphatic heterocycles. The molecule has 1 atom stereocenters. The molecule has 1 amide bonds. The minimum atomic E-state index is -4.52. The number of benzene rings is 1. The number of hydrogen-bond acceptors (Lipinski definition) is 4. The van der Waals surface area contributed by atoms with Crippen molar-refractivity contribution in [1.82, 2.24) is 9.97 Å². The van der Waals surface area contributed by atoms with Crippen molar-refractivity contribution in [3.05, 3.63) is 52.3 Å². The van der Waals surface area contributed by atoms with Crippen LogP contribution in [0.25, 0.3) is 11.0 Å². The first kappa shape index (κ1) is 23.4. The Morgan fingerprint density at radius 2 is 2.13 bits per heavy atom. The summed E-state index contributed by atoms with van der Waals surface area (Å²) in [5, 5.41) is 3.40. The predicted molar refractivity (Wildman–Crippen MR) is 120 cm³/mol. The molecule has 3 aromatic rings. The average Bonchev–Trinajstić information content (AvgIpc) is 3.10. The summed E-state index contributed by atoms with van der Waals surface area (Å²) in [7, 11) is 0. The molecule has 6 nitrogen and oxygen atoms in total. The van der Waals surface area contributed by atoms with Gasteiger partial charge >= 0.3 is 6.18 Å². The van der Waals surface area contributed by atoms with Crippen LogP contribution in [0, 0.1) is 0 Å². The molecule has 1 saturated heterocycles. The lowest BCUT2D eigenvalue weighted by Gasteiger charge is -2.33. The fourth-order valence-electron chi connectivity index (χ4n) is 3.71. The topological polar surface area (TPSA) is 87.0 Å². The maximum atomic E-state index is 13.0. The zero-order valence-electron chi connectivity index (χ0n) is 16.2. The first-order valence-corrected chi connectivity index (χ1v) is 10.2. The van der Waals surface area contributed by atoms with Crippen LogP contribution in [0.3, 0.4) is 0 Å². The number of halogens is 5. The highest BCUT2D eigenvalue weighted by Crippen LogP contribution is 2.39. The molecule has 31 heavy (non-hydrogen) atoms. The van der Waals surface area contributed by atoms with Gasteiger partial charge in [-0.3, -0.25) is 4.79 Å². The number of aromatic amines is 1. The summed E-state index contributed by atoms with van der Waals surface area (Å²) in [5.41, 5.74) is 7.03. The third kappa shape index (κ3) is 4.81. The lowest BCUT2D eigenvalue weighted by atomic mass is 10.1. The number of fused-ring (bicyclic) bond motifs is 1. The number of nitrogens with one attached hydrogen (secondary N) is 2. The van der Waals surface area contributed by atoms with Gasteiger partial charge in [0, 0.05) is 37.1 Å². The van der Waals surface area contributed by atoms with Gasteiger partial charge in [-0.05, 0) is 47.0 Å². The normalized spacial score (nSPS) is 16.8. The van der Waals surface area contributed by atoms with E-state index < -0.39 is 17.6 Å². The number of H-pyrrole nitrogens is 1. The third-order valence-electron chi connectivity index (χ3n) is 5.10. The summed E-state index contributed by atoms with van der Waals surface area (Å²) in [5.74, 6) is -0.636. The molecule has 166 valence electrons. The molecule has 1 unspecified atom stereocenters. The van der Waals surface area contributed by atoms with Crippen molar-refractivity contribution in [2.24, 2.45) is 5.73 Å². The highest BCUT2D eigenvalue weighted by Gasteiger charge is 2.31. The molecule has 0 bridgehead atoms. The largest absolute Gasteiger partial charge is 0.416 e. The smallest absolute Gasteiger partial charge is 0.368 e. The van der Waals surface area contributed by atoms with E-state index in [1.807, 2.05) is 0 Å². The first-order valence-electron chi connectivity index (χ1n) is 9.39. The molecule has 1 aromatic carbocycles. The fraction of sp³-hybridized carbons (Fsp3) is 0.300. The highest BCUT2D eigenvalue weighted by atomic mass is 79.9. The Labute approximate surface area is 190 Å². The Hall–Kier alpha value is -2.30. The number of pyridine rings is 1. The van der Waals surface area contributed by atoms with E-state index in [0.29, 0.717) is 23.3 Å². The summed E-state index contributed by atoms with van der Waals surface area (Å²) in [6.45, 7) is 1.46. The van der Waals surface area contributed by atoms with Crippen LogP contribution in [0.2, 0.25) is 0 Å². The van der Waals surface area contributed by atoms with Gasteiger partial charge in [0.15, 0.2) is 0 Å². The zero-order chi connectivity index (χ0) is 21.5. The highest BCUT2D eigenvalue weighted by molar-refractivity contribution is 9.10. The van der Waals surface area contributed by atoms with E-state index in [1.165, 1.54) is 12.1 Å². The molecule has 4 N–H and O–H groups in total. The summed E-state index contributed by atoms with van der Waals surface area (Å²) in [4.78, 5) is 22.2. The van der Waals surface area contributed by atoms with Crippen molar-refractivity contribution < 1.29 is 18.0 Å². The average molecular weight is 519 g/mol. The van der Waals surface area contributed by atoms with E-state index in [9.17, 15) is 18.0 Å². The minimum Gasteiger partial charge on any atom is -0.368 e. The lowest BCUT2D eigenvalue weighted by molar-refractivity contribution is -0.137. The van der Waals surface area contributed by atoms with Crippen molar-refractivity contribution >= 4 is 56.7 Å². The number of rotatable bonds is 3. The second-order valence-corrected chi connectivity index (χ2v) is 8.12. The van der Waals surface area contributed by atoms with Gasteiger partial charge in [0.25, 0.3) is 5.91 Å². The van der Waals surface area contributed by atoms with Crippen molar-refractivity contribution in [2.45, 2.75) is 25.1 Å². The maximum absolute atomic E-state index is 13.0. The number of carbonyl (C=O) groups is 1. The molecule has 1 aliphatic rings. The molecule has 0 saturated carbocycles. The monoisotopic (exact) mass is 517 g/mol. The Bertz CT molecular complexity index is 1100. The number of carbonyl (C=O) groups excluding carboxylic acids is 1. The summed E-state index contributed by atoms with van der Waals surface area (Å²) >= 11 is 3.54. The van der Waals surface area contributed by atoms with E-state index in [-0.39, 0.29) is 24.0 Å². The summed E-state index contributed by atoms with van der Waals surface area (Å²) < 4.78 is 39.7. The van der Waals surface area contributed by atoms with Crippen LogP contribution in [0.1, 0.15) is 28.8 Å². The van der Waals surface area contributed by atoms with Crippen LogP contribution in [-0.2, 0) is 6.18 Å². The number of nitrogens with two attached hydrogens (primary N) is 1. The lowest BCUT2D eigenvalue weighted by Crippen LogP contribution is -2.43. The van der Waals surface area contributed by atoms with E-state index in [2.05, 4.69) is 36.1 Å². The van der Waals surface area contributed by atoms with E-state index >= 15 is 0 Å². The Morgan fingerprint density at radius 3 is 2.84 bits per heavy atom. The molecule has 1 fully saturated rings. The molecule has 3 heterocycles. The Balaban J connectivity index is 0.00000272. The van der Waals surface area contributed by atoms with Crippen molar-refractivity contribution in [3.8, 4) is 0 Å². The predicted octanol–water partition coefficient (Wildman–Crippen LogP) is 4.95. The first-order chi connectivity index (χ1) is 14.2. The van der Waals surface area contributed by atoms with Crippen molar-refractivity contribution in [3.63, 3.8) is 0 Å². The molecule has 0 aliphatic carbocycles. The van der Waals surface area contributed by atoms with Gasteiger partial charge in [0.1, 0.15) is 5.65 Å². The van der Waals surface area contributed by atoms with E-state index in [4.69, 9.17) is 5.73 Å². The van der Waals surface area contributed by atoms with Gasteiger partial charge in [0.2, 0.25) is 0 Å². The molecular formula is C20H20BrClF3N5O. The van der Waals surface area contributed by atoms with Gasteiger partial charge in [0.05, 0.1) is 26.8 Å². The molecular weight excluding hydrogens is 499 g/mol. The minimum absolute atomic E-state index is 0. The number of alkyl halides is 3. The van der Waals surface area contributed by atoms with Gasteiger partial charge in [-0.2, -0.15) is 13.2 Å². The Kier molecular flexibility index (Phi) is 6.82. The molecule has 2 aromatic heterocycles. The number of anilines is 2. The molecule has 0 radical (unpaired) electrons. The van der Waals surface area contributed by atoms with Gasteiger partial charge in [-0.25, -0.2) is 4.98 Å². The van der Waals surface area contributed by atoms with Crippen molar-refractivity contribution in [2.75, 3.05) is 23.3 Å². The number of hydrogen-bond donors (Lipinski definition) is 3. The quantitative estimate of drug-likeness (QED) is 0.458. The number of amides is 1. The van der Waals surface area contributed by atoms with Crippen molar-refractivity contribution in [1.29, 1.82) is 0 Å². The van der Waals surface area contributed by atoms with Gasteiger partial charge < -0.3 is 20.9 Å². The standard InChI is InChI=1S/C20H19BrF3N5O.ClH/c21-14-8-26-18-16(17(14)29-6-2-5-13(25)10-29)15(9-27-18)28-19(30)11-3-1-4-12(7-11)20(22,23)24;/h1,3-4,7-9,13H,2,5-6,10,25H2,(H,26,27)(H,28,30);1H. The van der Waals surface area contributed by atoms with Crippen LogP contribution in [0.4, 0.5) is 24.5 Å². The van der Waals surface area contributed by atoms with Crippen LogP contribution in [0.15, 0.2) is 41.1 Å². The second kappa shape index (κ2) is 9.05. The van der Waals surface area contributed by atoms with E-state index in [0.717, 1.165) is 41.7 Å². The Morgan fingerprint density at radius 1 is 1.35 bits per heavy atom. The summed E-state index contributed by atoms with van der Waals surface area (Å²) in [6, 6.07) is 4.37. The maximum Gasteiger partial charge on any atom is 0.416 e. The third-order valence-corrected chi connectivity index (χ3v) is 5.68. The van der Waals surface area contributed by atoms with E-state index in [1.54, 1.807) is 12.4 Å². The van der Waals surface area contributed by atoms with Gasteiger partial charge in [-0.15, -0.1) is 12.4 Å². The van der Waals surface area contributed by atoms with Crippen LogP contribution in [-0.4, -0.2) is 35.0 Å². The van der Waals surface area contributed by atoms with Gasteiger partial charge in [-0.1, -0.05) is 6.07 Å². The number of piperidine rings is 1. The molecule has 0 spiro atoms. The van der Waals surface area contributed by atoms with Crippen LogP contribution in [0.5, 0.6) is 0 Å². The van der Waals surface area contributed by atoms with Crippen LogP contribution < -0.4 is 16.0 Å². The molecule has 4 rings (SSSR count). The van der Waals surface area contributed by atoms with Crippen LogP contribution >= 0.6 is 28.3 Å². The number of aromatic nitrogens is 2.